The number of anilines is 2. The van der Waals surface area contributed by atoms with Gasteiger partial charge in [-0.05, 0) is 76.2 Å². The van der Waals surface area contributed by atoms with E-state index in [1.807, 2.05) is 54.6 Å². The molecule has 0 aliphatic carbocycles. The van der Waals surface area contributed by atoms with E-state index in [0.717, 1.165) is 40.9 Å². The minimum atomic E-state index is -3.22. The second-order valence-electron chi connectivity index (χ2n) is 8.08. The van der Waals surface area contributed by atoms with Gasteiger partial charge in [-0.1, -0.05) is 23.7 Å². The summed E-state index contributed by atoms with van der Waals surface area (Å²) in [5, 5.41) is 1.46. The molecule has 0 atom stereocenters. The van der Waals surface area contributed by atoms with Crippen LogP contribution in [0.15, 0.2) is 67.1 Å². The predicted octanol–water partition coefficient (Wildman–Crippen LogP) is 8.37. The van der Waals surface area contributed by atoms with Crippen molar-refractivity contribution in [2.75, 3.05) is 18.5 Å². The van der Waals surface area contributed by atoms with Crippen LogP contribution in [-0.2, 0) is 15.9 Å². The zero-order valence-corrected chi connectivity index (χ0v) is 23.8. The summed E-state index contributed by atoms with van der Waals surface area (Å²) in [6.45, 7) is 1.77. The molecule has 0 saturated carbocycles. The molecule has 1 aliphatic heterocycles. The molecule has 0 spiro atoms. The topological polar surface area (TPSA) is 95.5 Å². The number of benzene rings is 2. The highest BCUT2D eigenvalue weighted by Crippen LogP contribution is 2.61. The lowest BCUT2D eigenvalue weighted by molar-refractivity contribution is 0.0262. The molecule has 1 aliphatic rings. The van der Waals surface area contributed by atoms with Gasteiger partial charge >= 0.3 is 5.20 Å². The number of fused-ring (bicyclic) bond motifs is 1. The van der Waals surface area contributed by atoms with Crippen LogP contribution in [0, 0.1) is 0 Å². The highest BCUT2D eigenvalue weighted by atomic mass is 36.0. The molecule has 2 aromatic heterocycles. The van der Waals surface area contributed by atoms with E-state index >= 15 is 0 Å². The molecular weight excluding hydrogens is 593 g/mol. The molecule has 2 aromatic carbocycles. The molecule has 3 heterocycles. The van der Waals surface area contributed by atoms with Gasteiger partial charge < -0.3 is 19.5 Å². The third-order valence-electron chi connectivity index (χ3n) is 5.38. The summed E-state index contributed by atoms with van der Waals surface area (Å²) in [6.07, 6.45) is 5.11. The number of nitrogens with zero attached hydrogens (tertiary/aromatic N) is 3. The number of hydrogen-bond acceptors (Lipinski definition) is 8. The van der Waals surface area contributed by atoms with E-state index in [1.54, 1.807) is 6.20 Å². The zero-order valence-electron chi connectivity index (χ0n) is 19.9. The second-order valence-corrected chi connectivity index (χ2v) is 15.1. The van der Waals surface area contributed by atoms with E-state index in [-0.39, 0.29) is 6.10 Å². The maximum Gasteiger partial charge on any atom is 0.339 e. The van der Waals surface area contributed by atoms with Crippen molar-refractivity contribution in [3.63, 3.8) is 0 Å². The van der Waals surface area contributed by atoms with E-state index in [2.05, 4.69) is 54.0 Å². The minimum Gasteiger partial charge on any atom is -0.489 e. The molecule has 0 amide bonds. The Kier molecular flexibility index (Phi) is 10.3. The Morgan fingerprint density at radius 1 is 0.974 bits per heavy atom. The van der Waals surface area contributed by atoms with E-state index in [9.17, 15) is 4.57 Å². The van der Waals surface area contributed by atoms with Gasteiger partial charge in [-0.3, -0.25) is 9.55 Å². The van der Waals surface area contributed by atoms with Crippen LogP contribution in [0.25, 0.3) is 10.9 Å². The summed E-state index contributed by atoms with van der Waals surface area (Å²) in [6, 6.07) is 17.1. The number of ether oxygens (including phenoxy) is 3. The van der Waals surface area contributed by atoms with E-state index in [0.29, 0.717) is 36.4 Å². The molecule has 8 nitrogen and oxygen atoms in total. The monoisotopic (exact) mass is 614 g/mol. The third-order valence-corrected chi connectivity index (χ3v) is 5.68. The van der Waals surface area contributed by atoms with Gasteiger partial charge in [0.2, 0.25) is 0 Å². The van der Waals surface area contributed by atoms with Crippen LogP contribution in [0.5, 0.6) is 11.5 Å². The highest BCUT2D eigenvalue weighted by molar-refractivity contribution is 8.24. The smallest absolute Gasteiger partial charge is 0.339 e. The molecule has 0 bridgehead atoms. The van der Waals surface area contributed by atoms with Gasteiger partial charge in [-0.15, -0.1) is 0 Å². The molecule has 1 saturated heterocycles. The van der Waals surface area contributed by atoms with Gasteiger partial charge in [0, 0.05) is 24.7 Å². The minimum absolute atomic E-state index is 0.113. The van der Waals surface area contributed by atoms with Crippen molar-refractivity contribution >= 4 is 72.9 Å². The Labute approximate surface area is 239 Å². The first kappa shape index (κ1) is 28.7. The van der Waals surface area contributed by atoms with Crippen molar-refractivity contribution in [2.24, 2.45) is 0 Å². The van der Waals surface area contributed by atoms with Crippen LogP contribution in [-0.4, -0.2) is 34.3 Å². The summed E-state index contributed by atoms with van der Waals surface area (Å²) < 4.78 is 27.1. The molecular formula is C25H23Cl4N4O4P. The normalized spacial score (nSPS) is 13.9. The molecule has 4 aromatic rings. The summed E-state index contributed by atoms with van der Waals surface area (Å²) in [4.78, 5) is 13.2. The number of aromatic nitrogens is 3. The summed E-state index contributed by atoms with van der Waals surface area (Å²) >= 11 is 20.3. The molecule has 1 fully saturated rings. The van der Waals surface area contributed by atoms with Crippen molar-refractivity contribution < 1.29 is 18.8 Å². The average Bonchev–Trinajstić information content (AvgIpc) is 2.89. The van der Waals surface area contributed by atoms with Crippen LogP contribution in [0.1, 0.15) is 18.5 Å². The molecule has 38 heavy (non-hydrogen) atoms. The highest BCUT2D eigenvalue weighted by Gasteiger charge is 2.18. The molecule has 13 heteroatoms. The number of hydrogen-bond donors (Lipinski definition) is 1. The summed E-state index contributed by atoms with van der Waals surface area (Å²) in [7, 11) is 0. The first-order valence-electron chi connectivity index (χ1n) is 11.5. The van der Waals surface area contributed by atoms with Crippen molar-refractivity contribution in [2.45, 2.75) is 25.6 Å². The van der Waals surface area contributed by atoms with Crippen molar-refractivity contribution in [1.29, 1.82) is 0 Å². The molecule has 5 rings (SSSR count). The van der Waals surface area contributed by atoms with Crippen LogP contribution in [0.4, 0.5) is 11.5 Å². The van der Waals surface area contributed by atoms with Crippen LogP contribution < -0.4 is 14.8 Å². The van der Waals surface area contributed by atoms with Crippen molar-refractivity contribution in [1.82, 2.24) is 15.0 Å². The molecule has 1 N–H and O–H groups in total. The Hall–Kier alpha value is -2.32. The van der Waals surface area contributed by atoms with Gasteiger partial charge in [-0.2, -0.15) is 0 Å². The van der Waals surface area contributed by atoms with Crippen LogP contribution in [0.3, 0.4) is 0 Å². The summed E-state index contributed by atoms with van der Waals surface area (Å²) in [5.41, 5.74) is 2.42. The van der Waals surface area contributed by atoms with Crippen LogP contribution in [0.2, 0.25) is 5.02 Å². The Bertz CT molecular complexity index is 1390. The predicted molar refractivity (Wildman–Crippen MR) is 152 cm³/mol. The fraction of sp³-hybridized carbons (Fsp3) is 0.240. The standard InChI is InChI=1S/C25H23ClN4O3.Cl3OP/c26-20-14-17(7-8-22(20)32-15-18-4-1-2-11-27-18)30-25-24-21(28-16-29-25)5-3-6-23(24)33-19-9-12-31-13-10-19;1-5(2,3)4/h1-8,11,14,16,19H,9-10,12-13,15H2,(H,28,29,30);. The fourth-order valence-electron chi connectivity index (χ4n) is 3.71. The van der Waals surface area contributed by atoms with Gasteiger partial charge in [0.05, 0.1) is 34.8 Å². The van der Waals surface area contributed by atoms with Gasteiger partial charge in [-0.25, -0.2) is 9.97 Å². The third kappa shape index (κ3) is 8.87. The van der Waals surface area contributed by atoms with Crippen molar-refractivity contribution in [3.8, 4) is 11.5 Å². The number of rotatable bonds is 7. The van der Waals surface area contributed by atoms with E-state index < -0.39 is 5.20 Å². The van der Waals surface area contributed by atoms with Gasteiger partial charge in [0.25, 0.3) is 0 Å². The molecule has 0 radical (unpaired) electrons. The number of halogens is 4. The maximum absolute atomic E-state index is 9.51. The lowest BCUT2D eigenvalue weighted by Crippen LogP contribution is -2.26. The number of pyridine rings is 1. The Morgan fingerprint density at radius 3 is 2.47 bits per heavy atom. The quantitative estimate of drug-likeness (QED) is 0.207. The maximum atomic E-state index is 9.51. The first-order valence-corrected chi connectivity index (χ1v) is 16.3. The van der Waals surface area contributed by atoms with Gasteiger partial charge in [0.1, 0.15) is 36.4 Å². The molecule has 200 valence electrons. The van der Waals surface area contributed by atoms with E-state index in [1.165, 1.54) is 6.33 Å². The average molecular weight is 616 g/mol. The lowest BCUT2D eigenvalue weighted by Gasteiger charge is -2.24. The zero-order chi connectivity index (χ0) is 27.0. The number of nitrogens with one attached hydrogen (secondary N) is 1. The van der Waals surface area contributed by atoms with Crippen molar-refractivity contribution in [3.05, 3.63) is 77.8 Å². The molecule has 0 unspecified atom stereocenters. The Balaban J connectivity index is 0.000000617. The Morgan fingerprint density at radius 2 is 1.76 bits per heavy atom. The van der Waals surface area contributed by atoms with E-state index in [4.69, 9.17) is 25.8 Å². The van der Waals surface area contributed by atoms with Gasteiger partial charge in [0.15, 0.2) is 0 Å². The van der Waals surface area contributed by atoms with Crippen LogP contribution >= 0.6 is 50.5 Å². The SMILES string of the molecule is Clc1cc(Nc2ncnc3cccc(OC4CCOCC4)c23)ccc1OCc1ccccn1.O=P(Cl)(Cl)Cl. The first-order chi connectivity index (χ1) is 18.3. The summed E-state index contributed by atoms with van der Waals surface area (Å²) in [5.74, 6) is 1.99. The second kappa shape index (κ2) is 13.7. The lowest BCUT2D eigenvalue weighted by atomic mass is 10.1. The largest absolute Gasteiger partial charge is 0.489 e. The fourth-order valence-corrected chi connectivity index (χ4v) is 3.95.